The van der Waals surface area contributed by atoms with Crippen LogP contribution in [0.5, 0.6) is 0 Å². The highest BCUT2D eigenvalue weighted by Gasteiger charge is 2.28. The van der Waals surface area contributed by atoms with Crippen molar-refractivity contribution in [1.29, 1.82) is 0 Å². The number of thioether (sulfide) groups is 1. The van der Waals surface area contributed by atoms with Crippen molar-refractivity contribution >= 4 is 44.8 Å². The Bertz CT molecular complexity index is 578. The van der Waals surface area contributed by atoms with E-state index in [-0.39, 0.29) is 5.78 Å². The third kappa shape index (κ3) is 2.50. The molecule has 3 rings (SSSR count). The average molecular weight is 345 g/mol. The zero-order valence-corrected chi connectivity index (χ0v) is 12.5. The number of hydrogen-bond donors (Lipinski definition) is 0. The third-order valence-corrected chi connectivity index (χ3v) is 5.37. The predicted octanol–water partition coefficient (Wildman–Crippen LogP) is 2.81. The summed E-state index contributed by atoms with van der Waals surface area (Å²) in [6.07, 6.45) is 2.26. The summed E-state index contributed by atoms with van der Waals surface area (Å²) in [5.41, 5.74) is 0. The molecule has 18 heavy (non-hydrogen) atoms. The van der Waals surface area contributed by atoms with Crippen LogP contribution in [0.4, 0.5) is 0 Å². The van der Waals surface area contributed by atoms with Crippen molar-refractivity contribution in [3.05, 3.63) is 20.8 Å². The van der Waals surface area contributed by atoms with Crippen LogP contribution in [-0.4, -0.2) is 31.7 Å². The van der Waals surface area contributed by atoms with E-state index < -0.39 is 0 Å². The number of carbonyl (C=O) groups excluding carboxylic acids is 1. The molecule has 0 N–H and O–H groups in total. The molecule has 2 heterocycles. The normalized spacial score (nSPS) is 14.9. The van der Waals surface area contributed by atoms with E-state index in [1.165, 1.54) is 23.1 Å². The molecular formula is C10H9BrN4OS2. The van der Waals surface area contributed by atoms with Crippen LogP contribution in [0, 0.1) is 0 Å². The Morgan fingerprint density at radius 3 is 3.11 bits per heavy atom. The first-order valence-corrected chi connectivity index (χ1v) is 8.08. The highest BCUT2D eigenvalue weighted by Crippen LogP contribution is 2.36. The van der Waals surface area contributed by atoms with Crippen LogP contribution in [0.1, 0.15) is 28.6 Å². The van der Waals surface area contributed by atoms with Crippen LogP contribution in [0.25, 0.3) is 0 Å². The Labute approximate surface area is 120 Å². The minimum atomic E-state index is 0.104. The molecule has 0 amide bonds. The Hall–Kier alpha value is -0.730. The van der Waals surface area contributed by atoms with E-state index in [4.69, 9.17) is 0 Å². The van der Waals surface area contributed by atoms with Gasteiger partial charge in [0.05, 0.1) is 16.7 Å². The molecule has 8 heteroatoms. The fourth-order valence-corrected chi connectivity index (χ4v) is 3.96. The first-order valence-electron chi connectivity index (χ1n) is 5.42. The molecule has 1 saturated carbocycles. The molecule has 1 aliphatic rings. The van der Waals surface area contributed by atoms with Crippen LogP contribution < -0.4 is 0 Å². The summed E-state index contributed by atoms with van der Waals surface area (Å²) in [4.78, 5) is 12.8. The van der Waals surface area contributed by atoms with Crippen LogP contribution in [0.15, 0.2) is 21.1 Å². The second kappa shape index (κ2) is 5.10. The molecule has 0 aromatic carbocycles. The number of tetrazole rings is 1. The maximum absolute atomic E-state index is 12.0. The van der Waals surface area contributed by atoms with Crippen LogP contribution in [0.3, 0.4) is 0 Å². The Balaban J connectivity index is 1.66. The lowest BCUT2D eigenvalue weighted by Gasteiger charge is -2.01. The summed E-state index contributed by atoms with van der Waals surface area (Å²) in [5.74, 6) is 0.471. The number of nitrogens with zero attached hydrogens (tertiary/aromatic N) is 4. The molecule has 0 unspecified atom stereocenters. The summed E-state index contributed by atoms with van der Waals surface area (Å²) in [5, 5.41) is 14.2. The van der Waals surface area contributed by atoms with E-state index in [0.717, 1.165) is 27.3 Å². The SMILES string of the molecule is O=C(CSc1nnnn1C1CC1)c1sccc1Br. The maximum Gasteiger partial charge on any atom is 0.210 e. The van der Waals surface area contributed by atoms with Gasteiger partial charge < -0.3 is 0 Å². The van der Waals surface area contributed by atoms with Gasteiger partial charge in [-0.3, -0.25) is 4.79 Å². The first kappa shape index (κ1) is 12.3. The van der Waals surface area contributed by atoms with E-state index in [1.54, 1.807) is 0 Å². The Morgan fingerprint density at radius 1 is 1.61 bits per heavy atom. The minimum Gasteiger partial charge on any atom is -0.292 e. The van der Waals surface area contributed by atoms with Crippen molar-refractivity contribution in [2.24, 2.45) is 0 Å². The van der Waals surface area contributed by atoms with E-state index in [0.29, 0.717) is 11.8 Å². The molecule has 0 radical (unpaired) electrons. The van der Waals surface area contributed by atoms with Crippen molar-refractivity contribution in [1.82, 2.24) is 20.2 Å². The number of Topliss-reactive ketones (excluding diaryl/α,β-unsaturated/α-hetero) is 1. The smallest absolute Gasteiger partial charge is 0.210 e. The van der Waals surface area contributed by atoms with Crippen LogP contribution in [-0.2, 0) is 0 Å². The molecule has 2 aromatic rings. The fraction of sp³-hybridized carbons (Fsp3) is 0.400. The van der Waals surface area contributed by atoms with Crippen molar-refractivity contribution in [3.63, 3.8) is 0 Å². The zero-order chi connectivity index (χ0) is 12.5. The summed E-state index contributed by atoms with van der Waals surface area (Å²) >= 11 is 6.22. The molecule has 0 atom stereocenters. The topological polar surface area (TPSA) is 60.7 Å². The van der Waals surface area contributed by atoms with Gasteiger partial charge in [0.15, 0.2) is 5.78 Å². The van der Waals surface area contributed by atoms with E-state index in [2.05, 4.69) is 31.5 Å². The van der Waals surface area contributed by atoms with Gasteiger partial charge in [-0.05, 0) is 50.6 Å². The second-order valence-electron chi connectivity index (χ2n) is 3.95. The summed E-state index contributed by atoms with van der Waals surface area (Å²) < 4.78 is 2.68. The quantitative estimate of drug-likeness (QED) is 0.616. The summed E-state index contributed by atoms with van der Waals surface area (Å²) in [6.45, 7) is 0. The zero-order valence-electron chi connectivity index (χ0n) is 9.24. The summed E-state index contributed by atoms with van der Waals surface area (Å²) in [7, 11) is 0. The predicted molar refractivity (Wildman–Crippen MR) is 73.2 cm³/mol. The Kier molecular flexibility index (Phi) is 3.49. The van der Waals surface area contributed by atoms with Gasteiger partial charge >= 0.3 is 0 Å². The molecule has 0 saturated heterocycles. The molecule has 0 aliphatic heterocycles. The highest BCUT2D eigenvalue weighted by molar-refractivity contribution is 9.10. The number of thiophene rings is 1. The monoisotopic (exact) mass is 344 g/mol. The van der Waals surface area contributed by atoms with Gasteiger partial charge in [-0.2, -0.15) is 0 Å². The van der Waals surface area contributed by atoms with Crippen molar-refractivity contribution < 1.29 is 4.79 Å². The minimum absolute atomic E-state index is 0.104. The van der Waals surface area contributed by atoms with Gasteiger partial charge in [0.25, 0.3) is 0 Å². The number of aromatic nitrogens is 4. The van der Waals surface area contributed by atoms with E-state index in [9.17, 15) is 4.79 Å². The third-order valence-electron chi connectivity index (χ3n) is 2.56. The number of halogens is 1. The molecule has 1 fully saturated rings. The maximum atomic E-state index is 12.0. The molecule has 94 valence electrons. The van der Waals surface area contributed by atoms with Gasteiger partial charge in [0.2, 0.25) is 5.16 Å². The molecule has 2 aromatic heterocycles. The van der Waals surface area contributed by atoms with Crippen LogP contribution >= 0.6 is 39.0 Å². The number of rotatable bonds is 5. The number of carbonyl (C=O) groups is 1. The fourth-order valence-electron chi connectivity index (χ4n) is 1.52. The van der Waals surface area contributed by atoms with Gasteiger partial charge in [-0.15, -0.1) is 16.4 Å². The number of hydrogen-bond acceptors (Lipinski definition) is 6. The van der Waals surface area contributed by atoms with Crippen molar-refractivity contribution in [2.45, 2.75) is 24.0 Å². The lowest BCUT2D eigenvalue weighted by molar-refractivity contribution is 0.102. The molecule has 0 bridgehead atoms. The lowest BCUT2D eigenvalue weighted by atomic mass is 10.3. The van der Waals surface area contributed by atoms with E-state index in [1.807, 2.05) is 16.1 Å². The van der Waals surface area contributed by atoms with E-state index >= 15 is 0 Å². The largest absolute Gasteiger partial charge is 0.292 e. The molecule has 1 aliphatic carbocycles. The highest BCUT2D eigenvalue weighted by atomic mass is 79.9. The molecule has 0 spiro atoms. The average Bonchev–Trinajstić information content (AvgIpc) is 2.94. The number of ketones is 1. The lowest BCUT2D eigenvalue weighted by Crippen LogP contribution is -2.04. The molecular weight excluding hydrogens is 336 g/mol. The Morgan fingerprint density at radius 2 is 2.44 bits per heavy atom. The summed E-state index contributed by atoms with van der Waals surface area (Å²) in [6, 6.07) is 2.32. The van der Waals surface area contributed by atoms with Gasteiger partial charge in [-0.1, -0.05) is 11.8 Å². The van der Waals surface area contributed by atoms with Crippen molar-refractivity contribution in [2.75, 3.05) is 5.75 Å². The van der Waals surface area contributed by atoms with Gasteiger partial charge in [0, 0.05) is 4.47 Å². The van der Waals surface area contributed by atoms with Crippen LogP contribution in [0.2, 0.25) is 0 Å². The first-order chi connectivity index (χ1) is 8.75. The van der Waals surface area contributed by atoms with Gasteiger partial charge in [0.1, 0.15) is 0 Å². The van der Waals surface area contributed by atoms with Crippen molar-refractivity contribution in [3.8, 4) is 0 Å². The second-order valence-corrected chi connectivity index (χ2v) is 6.66. The molecule has 5 nitrogen and oxygen atoms in total. The van der Waals surface area contributed by atoms with Gasteiger partial charge in [-0.25, -0.2) is 4.68 Å². The standard InChI is InChI=1S/C10H9BrN4OS2/c11-7-3-4-17-9(7)8(16)5-18-10-12-13-14-15(10)6-1-2-6/h3-4,6H,1-2,5H2.